The Morgan fingerprint density at radius 3 is 1.17 bits per heavy atom. The van der Waals surface area contributed by atoms with Crippen LogP contribution in [0.5, 0.6) is 0 Å². The molecule has 0 radical (unpaired) electrons. The lowest BCUT2D eigenvalue weighted by molar-refractivity contribution is 0.550. The third-order valence-corrected chi connectivity index (χ3v) is 5.41. The van der Waals surface area contributed by atoms with Gasteiger partial charge in [0.05, 0.1) is 23.8 Å². The fraction of sp³-hybridized carbons (Fsp3) is 0.308. The van der Waals surface area contributed by atoms with Crippen molar-refractivity contribution in [2.24, 2.45) is 9.98 Å². The van der Waals surface area contributed by atoms with E-state index in [1.54, 1.807) is 0 Å². The molecule has 0 saturated heterocycles. The molecule has 3 heteroatoms. The molecule has 0 fully saturated rings. The Morgan fingerprint density at radius 2 is 0.862 bits per heavy atom. The average molecular weight is 387 g/mol. The van der Waals surface area contributed by atoms with E-state index in [0.29, 0.717) is 0 Å². The van der Waals surface area contributed by atoms with Crippen LogP contribution in [-0.2, 0) is 0 Å². The Balaban J connectivity index is 1.93. The van der Waals surface area contributed by atoms with Crippen LogP contribution in [0.15, 0.2) is 38.7 Å². The molecular formula is C26H30N2O. The van der Waals surface area contributed by atoms with Crippen molar-refractivity contribution in [1.29, 1.82) is 0 Å². The summed E-state index contributed by atoms with van der Waals surface area (Å²) in [6, 6.07) is 8.63. The zero-order chi connectivity index (χ0) is 21.3. The molecule has 0 amide bonds. The lowest BCUT2D eigenvalue weighted by atomic mass is 10.1. The predicted octanol–water partition coefficient (Wildman–Crippen LogP) is 7.25. The van der Waals surface area contributed by atoms with Gasteiger partial charge in [-0.15, -0.1) is 0 Å². The Labute approximate surface area is 174 Å². The van der Waals surface area contributed by atoms with E-state index in [0.717, 1.165) is 34.0 Å². The first kappa shape index (κ1) is 20.8. The number of aryl methyl sites for hydroxylation is 6. The maximum Gasteiger partial charge on any atom is 0.149 e. The average Bonchev–Trinajstić information content (AvgIpc) is 2.88. The van der Waals surface area contributed by atoms with E-state index < -0.39 is 0 Å². The largest absolute Gasteiger partial charge is 0.454 e. The highest BCUT2D eigenvalue weighted by molar-refractivity contribution is 5.87. The van der Waals surface area contributed by atoms with Crippen molar-refractivity contribution in [2.75, 3.05) is 0 Å². The van der Waals surface area contributed by atoms with Crippen molar-refractivity contribution in [1.82, 2.24) is 0 Å². The van der Waals surface area contributed by atoms with E-state index in [2.05, 4.69) is 79.7 Å². The molecule has 0 saturated carbocycles. The van der Waals surface area contributed by atoms with Crippen LogP contribution in [0.25, 0.3) is 0 Å². The zero-order valence-electron chi connectivity index (χ0n) is 18.8. The Kier molecular flexibility index (Phi) is 5.88. The lowest BCUT2D eigenvalue weighted by Crippen LogP contribution is -1.86. The van der Waals surface area contributed by atoms with Crippen molar-refractivity contribution < 1.29 is 4.42 Å². The highest BCUT2D eigenvalue weighted by Gasteiger charge is 2.12. The number of furan rings is 1. The summed E-state index contributed by atoms with van der Waals surface area (Å²) < 4.78 is 6.10. The fourth-order valence-corrected chi connectivity index (χ4v) is 3.89. The molecule has 0 unspecified atom stereocenters. The summed E-state index contributed by atoms with van der Waals surface area (Å²) in [5, 5.41) is 0. The monoisotopic (exact) mass is 386 g/mol. The van der Waals surface area contributed by atoms with Crippen LogP contribution in [-0.4, -0.2) is 12.4 Å². The van der Waals surface area contributed by atoms with E-state index in [1.165, 1.54) is 33.4 Å². The van der Waals surface area contributed by atoms with Crippen LogP contribution >= 0.6 is 0 Å². The van der Waals surface area contributed by atoms with Gasteiger partial charge in [-0.3, -0.25) is 9.98 Å². The number of hydrogen-bond donors (Lipinski definition) is 0. The van der Waals surface area contributed by atoms with Crippen molar-refractivity contribution in [3.8, 4) is 0 Å². The molecule has 0 aliphatic heterocycles. The van der Waals surface area contributed by atoms with Gasteiger partial charge in [-0.05, 0) is 88.8 Å². The number of benzene rings is 2. The molecule has 150 valence electrons. The molecule has 1 heterocycles. The molecule has 3 aromatic rings. The van der Waals surface area contributed by atoms with Crippen LogP contribution < -0.4 is 0 Å². The van der Waals surface area contributed by atoms with Crippen LogP contribution in [0.3, 0.4) is 0 Å². The molecule has 0 spiro atoms. The van der Waals surface area contributed by atoms with Gasteiger partial charge in [-0.2, -0.15) is 0 Å². The summed E-state index contributed by atoms with van der Waals surface area (Å²) in [6.45, 7) is 16.7. The van der Waals surface area contributed by atoms with Crippen LogP contribution in [0, 0.1) is 55.4 Å². The molecule has 0 N–H and O–H groups in total. The molecule has 1 aromatic heterocycles. The van der Waals surface area contributed by atoms with E-state index >= 15 is 0 Å². The van der Waals surface area contributed by atoms with Crippen molar-refractivity contribution in [2.45, 2.75) is 55.4 Å². The first-order chi connectivity index (χ1) is 13.7. The fourth-order valence-electron chi connectivity index (χ4n) is 3.89. The first-order valence-electron chi connectivity index (χ1n) is 10.0. The minimum absolute atomic E-state index is 0.778. The van der Waals surface area contributed by atoms with Crippen LogP contribution in [0.2, 0.25) is 0 Å². The van der Waals surface area contributed by atoms with Gasteiger partial charge in [-0.25, -0.2) is 0 Å². The molecule has 3 nitrogen and oxygen atoms in total. The van der Waals surface area contributed by atoms with Gasteiger partial charge in [0.1, 0.15) is 11.5 Å². The Bertz CT molecular complexity index is 996. The van der Waals surface area contributed by atoms with E-state index in [1.807, 2.05) is 12.4 Å². The summed E-state index contributed by atoms with van der Waals surface area (Å²) in [5.74, 6) is 1.56. The maximum atomic E-state index is 6.10. The smallest absolute Gasteiger partial charge is 0.149 e. The van der Waals surface area contributed by atoms with Crippen LogP contribution in [0.1, 0.15) is 56.0 Å². The Hall–Kier alpha value is -2.94. The van der Waals surface area contributed by atoms with Gasteiger partial charge in [0, 0.05) is 0 Å². The normalized spacial score (nSPS) is 11.9. The van der Waals surface area contributed by atoms with Gasteiger partial charge < -0.3 is 4.42 Å². The molecule has 0 aliphatic carbocycles. The number of hydrogen-bond acceptors (Lipinski definition) is 3. The first-order valence-corrected chi connectivity index (χ1v) is 10.0. The lowest BCUT2D eigenvalue weighted by Gasteiger charge is -2.06. The molecule has 0 bridgehead atoms. The van der Waals surface area contributed by atoms with Crippen LogP contribution in [0.4, 0.5) is 11.4 Å². The number of nitrogens with zero attached hydrogens (tertiary/aromatic N) is 2. The zero-order valence-corrected chi connectivity index (χ0v) is 18.8. The SMILES string of the molecule is Cc1cc(C)c(N=Cc2oc(C=Nc3c(C)cc(C)cc3C)c(C)c2C)c(C)c1. The van der Waals surface area contributed by atoms with Crippen molar-refractivity contribution in [3.05, 3.63) is 80.3 Å². The summed E-state index contributed by atoms with van der Waals surface area (Å²) in [6.07, 6.45) is 3.65. The Morgan fingerprint density at radius 1 is 0.552 bits per heavy atom. The minimum Gasteiger partial charge on any atom is -0.454 e. The predicted molar refractivity (Wildman–Crippen MR) is 124 cm³/mol. The molecule has 3 rings (SSSR count). The maximum absolute atomic E-state index is 6.10. The van der Waals surface area contributed by atoms with Crippen molar-refractivity contribution >= 4 is 23.8 Å². The molecule has 2 aromatic carbocycles. The van der Waals surface area contributed by atoms with E-state index in [4.69, 9.17) is 14.4 Å². The summed E-state index contributed by atoms with van der Waals surface area (Å²) >= 11 is 0. The van der Waals surface area contributed by atoms with Gasteiger partial charge in [0.25, 0.3) is 0 Å². The third-order valence-electron chi connectivity index (χ3n) is 5.41. The molecule has 0 atom stereocenters. The molecular weight excluding hydrogens is 356 g/mol. The standard InChI is InChI=1S/C26H30N2O/c1-15-9-17(3)25(18(4)10-15)27-13-23-21(7)22(8)24(29-23)14-28-26-19(5)11-16(2)12-20(26)6/h9-14H,1-8H3. The van der Waals surface area contributed by atoms with E-state index in [-0.39, 0.29) is 0 Å². The van der Waals surface area contributed by atoms with Gasteiger partial charge in [-0.1, -0.05) is 35.4 Å². The molecule has 0 aliphatic rings. The van der Waals surface area contributed by atoms with Gasteiger partial charge in [0.2, 0.25) is 0 Å². The topological polar surface area (TPSA) is 37.9 Å². The van der Waals surface area contributed by atoms with Crippen molar-refractivity contribution in [3.63, 3.8) is 0 Å². The second-order valence-corrected chi connectivity index (χ2v) is 8.09. The van der Waals surface area contributed by atoms with Gasteiger partial charge in [0.15, 0.2) is 0 Å². The summed E-state index contributed by atoms with van der Waals surface area (Å²) in [4.78, 5) is 9.45. The minimum atomic E-state index is 0.778. The number of rotatable bonds is 4. The number of aliphatic imine (C=N–C) groups is 2. The van der Waals surface area contributed by atoms with E-state index in [9.17, 15) is 0 Å². The van der Waals surface area contributed by atoms with Gasteiger partial charge >= 0.3 is 0 Å². The second-order valence-electron chi connectivity index (χ2n) is 8.09. The molecule has 29 heavy (non-hydrogen) atoms. The summed E-state index contributed by atoms with van der Waals surface area (Å²) in [7, 11) is 0. The second kappa shape index (κ2) is 8.20. The summed E-state index contributed by atoms with van der Waals surface area (Å²) in [5.41, 5.74) is 11.4. The highest BCUT2D eigenvalue weighted by Crippen LogP contribution is 2.28. The highest BCUT2D eigenvalue weighted by atomic mass is 16.3. The third kappa shape index (κ3) is 4.40. The quantitative estimate of drug-likeness (QED) is 0.435.